The first-order valence-electron chi connectivity index (χ1n) is 8.69. The molecule has 4 rings (SSSR count). The van der Waals surface area contributed by atoms with Crippen molar-refractivity contribution in [2.45, 2.75) is 0 Å². The van der Waals surface area contributed by atoms with Gasteiger partial charge in [-0.05, 0) is 30.3 Å². The molecule has 1 fully saturated rings. The molecule has 0 bridgehead atoms. The van der Waals surface area contributed by atoms with Gasteiger partial charge in [-0.3, -0.25) is 9.69 Å². The molecule has 7 heteroatoms. The lowest BCUT2D eigenvalue weighted by molar-refractivity contribution is -0.113. The Balaban J connectivity index is 1.63. The fourth-order valence-electron chi connectivity index (χ4n) is 2.96. The van der Waals surface area contributed by atoms with E-state index in [1.54, 1.807) is 36.4 Å². The fourth-order valence-corrected chi connectivity index (χ4v) is 4.24. The van der Waals surface area contributed by atoms with Gasteiger partial charge in [0.2, 0.25) is 0 Å². The highest BCUT2D eigenvalue weighted by molar-refractivity contribution is 8.27. The van der Waals surface area contributed by atoms with Gasteiger partial charge in [-0.1, -0.05) is 60.4 Å². The Bertz CT molecular complexity index is 1130. The number of carbonyl (C=O) groups excluding carboxylic acids is 2. The summed E-state index contributed by atoms with van der Waals surface area (Å²) in [5.74, 6) is 0.366. The average molecular weight is 421 g/mol. The molecular weight excluding hydrogens is 406 g/mol. The zero-order chi connectivity index (χ0) is 20.4. The minimum Gasteiger partial charge on any atom is -0.465 e. The Kier molecular flexibility index (Phi) is 5.33. The average Bonchev–Trinajstić information content (AvgIpc) is 3.32. The molecule has 0 N–H and O–H groups in total. The fraction of sp³-hybridized carbons (Fsp3) is 0.0455. The number of ether oxygens (including phenoxy) is 1. The SMILES string of the molecule is COC(=O)c1ccccc1-c1ccc(C=C2SC(=S)N(c3ccccc3)C2=O)o1. The molecule has 5 nitrogen and oxygen atoms in total. The van der Waals surface area contributed by atoms with Crippen molar-refractivity contribution in [1.82, 2.24) is 0 Å². The maximum Gasteiger partial charge on any atom is 0.338 e. The molecule has 2 aromatic carbocycles. The van der Waals surface area contributed by atoms with Crippen LogP contribution in [0, 0.1) is 0 Å². The molecule has 1 aliphatic rings. The van der Waals surface area contributed by atoms with E-state index in [9.17, 15) is 9.59 Å². The summed E-state index contributed by atoms with van der Waals surface area (Å²) < 4.78 is 11.2. The lowest BCUT2D eigenvalue weighted by atomic mass is 10.1. The molecule has 0 saturated carbocycles. The zero-order valence-corrected chi connectivity index (χ0v) is 17.0. The first-order valence-corrected chi connectivity index (χ1v) is 9.91. The smallest absolute Gasteiger partial charge is 0.338 e. The van der Waals surface area contributed by atoms with Crippen molar-refractivity contribution in [3.8, 4) is 11.3 Å². The topological polar surface area (TPSA) is 59.8 Å². The summed E-state index contributed by atoms with van der Waals surface area (Å²) in [6, 6.07) is 19.8. The molecule has 1 aliphatic heterocycles. The number of rotatable bonds is 4. The van der Waals surface area contributed by atoms with E-state index in [1.165, 1.54) is 23.8 Å². The number of methoxy groups -OCH3 is 1. The highest BCUT2D eigenvalue weighted by Gasteiger charge is 2.33. The van der Waals surface area contributed by atoms with Gasteiger partial charge in [0.25, 0.3) is 5.91 Å². The second-order valence-corrected chi connectivity index (χ2v) is 7.77. The second-order valence-electron chi connectivity index (χ2n) is 6.09. The van der Waals surface area contributed by atoms with Crippen molar-refractivity contribution < 1.29 is 18.7 Å². The van der Waals surface area contributed by atoms with Crippen LogP contribution in [0.3, 0.4) is 0 Å². The van der Waals surface area contributed by atoms with Gasteiger partial charge in [-0.2, -0.15) is 0 Å². The summed E-state index contributed by atoms with van der Waals surface area (Å²) in [5, 5.41) is 0. The number of para-hydroxylation sites is 1. The Hall–Kier alpha value is -3.16. The Labute approximate surface area is 177 Å². The summed E-state index contributed by atoms with van der Waals surface area (Å²) in [7, 11) is 1.33. The number of hydrogen-bond acceptors (Lipinski definition) is 6. The van der Waals surface area contributed by atoms with Gasteiger partial charge in [-0.25, -0.2) is 4.79 Å². The number of thiocarbonyl (C=S) groups is 1. The van der Waals surface area contributed by atoms with E-state index in [0.29, 0.717) is 31.9 Å². The largest absolute Gasteiger partial charge is 0.465 e. The number of carbonyl (C=O) groups is 2. The van der Waals surface area contributed by atoms with Crippen LogP contribution in [0.1, 0.15) is 16.1 Å². The molecule has 3 aromatic rings. The van der Waals surface area contributed by atoms with E-state index in [2.05, 4.69) is 0 Å². The molecular formula is C22H15NO4S2. The van der Waals surface area contributed by atoms with Crippen molar-refractivity contribution >= 4 is 51.9 Å². The van der Waals surface area contributed by atoms with Crippen LogP contribution in [-0.2, 0) is 9.53 Å². The molecule has 29 heavy (non-hydrogen) atoms. The minimum absolute atomic E-state index is 0.195. The third-order valence-electron chi connectivity index (χ3n) is 4.31. The summed E-state index contributed by atoms with van der Waals surface area (Å²) in [5.41, 5.74) is 1.76. The first-order chi connectivity index (χ1) is 14.1. The molecule has 0 unspecified atom stereocenters. The number of hydrogen-bond donors (Lipinski definition) is 0. The van der Waals surface area contributed by atoms with Crippen molar-refractivity contribution in [3.05, 3.63) is 83.0 Å². The summed E-state index contributed by atoms with van der Waals surface area (Å²) in [6.45, 7) is 0. The molecule has 144 valence electrons. The van der Waals surface area contributed by atoms with Crippen molar-refractivity contribution in [3.63, 3.8) is 0 Å². The Morgan fingerprint density at radius 1 is 1.07 bits per heavy atom. The van der Waals surface area contributed by atoms with Crippen LogP contribution in [0.2, 0.25) is 0 Å². The molecule has 0 radical (unpaired) electrons. The van der Waals surface area contributed by atoms with Crippen LogP contribution in [0.25, 0.3) is 17.4 Å². The van der Waals surface area contributed by atoms with Crippen LogP contribution in [0.5, 0.6) is 0 Å². The summed E-state index contributed by atoms with van der Waals surface area (Å²) >= 11 is 6.60. The number of amides is 1. The van der Waals surface area contributed by atoms with E-state index < -0.39 is 5.97 Å². The number of anilines is 1. The van der Waals surface area contributed by atoms with Crippen LogP contribution in [0.15, 0.2) is 76.1 Å². The maximum atomic E-state index is 12.8. The van der Waals surface area contributed by atoms with Gasteiger partial charge in [0.1, 0.15) is 11.5 Å². The first kappa shape index (κ1) is 19.2. The van der Waals surface area contributed by atoms with E-state index >= 15 is 0 Å². The molecule has 0 aliphatic carbocycles. The van der Waals surface area contributed by atoms with Gasteiger partial charge < -0.3 is 9.15 Å². The summed E-state index contributed by atoms with van der Waals surface area (Å²) in [4.78, 5) is 26.8. The van der Waals surface area contributed by atoms with Crippen molar-refractivity contribution in [2.75, 3.05) is 12.0 Å². The minimum atomic E-state index is -0.442. The predicted molar refractivity (Wildman–Crippen MR) is 118 cm³/mol. The van der Waals surface area contributed by atoms with E-state index in [1.807, 2.05) is 36.4 Å². The van der Waals surface area contributed by atoms with Crippen LogP contribution < -0.4 is 4.90 Å². The lowest BCUT2D eigenvalue weighted by Crippen LogP contribution is -2.27. The molecule has 2 heterocycles. The summed E-state index contributed by atoms with van der Waals surface area (Å²) in [6.07, 6.45) is 1.66. The normalized spacial score (nSPS) is 15.2. The molecule has 1 amide bonds. The molecule has 1 saturated heterocycles. The Morgan fingerprint density at radius 2 is 1.79 bits per heavy atom. The quantitative estimate of drug-likeness (QED) is 0.330. The van der Waals surface area contributed by atoms with Crippen LogP contribution in [-0.4, -0.2) is 23.3 Å². The second kappa shape index (κ2) is 8.06. The predicted octanol–water partition coefficient (Wildman–Crippen LogP) is 5.14. The van der Waals surface area contributed by atoms with Gasteiger partial charge in [0, 0.05) is 11.6 Å². The van der Waals surface area contributed by atoms with Gasteiger partial charge in [0.05, 0.1) is 23.3 Å². The van der Waals surface area contributed by atoms with Crippen LogP contribution in [0.4, 0.5) is 5.69 Å². The van der Waals surface area contributed by atoms with Crippen molar-refractivity contribution in [2.24, 2.45) is 0 Å². The highest BCUT2D eigenvalue weighted by atomic mass is 32.2. The lowest BCUT2D eigenvalue weighted by Gasteiger charge is -2.13. The van der Waals surface area contributed by atoms with Crippen LogP contribution >= 0.6 is 24.0 Å². The van der Waals surface area contributed by atoms with Gasteiger partial charge in [-0.15, -0.1) is 0 Å². The number of furan rings is 1. The molecule has 1 aromatic heterocycles. The van der Waals surface area contributed by atoms with E-state index in [-0.39, 0.29) is 5.91 Å². The number of nitrogens with zero attached hydrogens (tertiary/aromatic N) is 1. The molecule has 0 spiro atoms. The van der Waals surface area contributed by atoms with E-state index in [4.69, 9.17) is 21.4 Å². The van der Waals surface area contributed by atoms with Gasteiger partial charge in [0.15, 0.2) is 4.32 Å². The molecule has 0 atom stereocenters. The highest BCUT2D eigenvalue weighted by Crippen LogP contribution is 2.36. The number of thioether (sulfide) groups is 1. The third-order valence-corrected chi connectivity index (χ3v) is 5.61. The standard InChI is InChI=1S/C22H15NO4S2/c1-26-21(25)17-10-6-5-9-16(17)18-12-11-15(27-18)13-19-20(24)23(22(28)29-19)14-7-3-2-4-8-14/h2-13H,1H3. The monoisotopic (exact) mass is 421 g/mol. The number of benzene rings is 2. The number of esters is 1. The Morgan fingerprint density at radius 3 is 2.55 bits per heavy atom. The zero-order valence-electron chi connectivity index (χ0n) is 15.3. The maximum absolute atomic E-state index is 12.8. The third kappa shape index (κ3) is 3.74. The van der Waals surface area contributed by atoms with E-state index in [0.717, 1.165) is 5.69 Å². The van der Waals surface area contributed by atoms with Crippen molar-refractivity contribution in [1.29, 1.82) is 0 Å². The van der Waals surface area contributed by atoms with Gasteiger partial charge >= 0.3 is 5.97 Å².